The lowest BCUT2D eigenvalue weighted by Crippen LogP contribution is -2.48. The predicted molar refractivity (Wildman–Crippen MR) is 181 cm³/mol. The molecule has 1 N–H and O–H groups in total. The van der Waals surface area contributed by atoms with Crippen molar-refractivity contribution in [2.24, 2.45) is 0 Å². The molecular weight excluding hydrogens is 599 g/mol. The summed E-state index contributed by atoms with van der Waals surface area (Å²) in [4.78, 5) is 23.3. The largest absolute Gasteiger partial charge is 0.396 e. The molecule has 0 spiro atoms. The third-order valence-electron chi connectivity index (χ3n) is 8.71. The van der Waals surface area contributed by atoms with Gasteiger partial charge in [0.2, 0.25) is 0 Å². The number of piperazine rings is 1. The van der Waals surface area contributed by atoms with E-state index in [9.17, 15) is 18.5 Å². The van der Waals surface area contributed by atoms with E-state index in [1.165, 1.54) is 17.7 Å². The highest BCUT2D eigenvalue weighted by Gasteiger charge is 2.41. The van der Waals surface area contributed by atoms with Gasteiger partial charge in [0.25, 0.3) is 5.91 Å². The minimum Gasteiger partial charge on any atom is -0.396 e. The second-order valence-corrected chi connectivity index (χ2v) is 15.2. The molecule has 4 aromatic rings. The van der Waals surface area contributed by atoms with Crippen molar-refractivity contribution in [2.45, 2.75) is 51.1 Å². The minimum absolute atomic E-state index is 0.0847. The Morgan fingerprint density at radius 1 is 0.913 bits per heavy atom. The van der Waals surface area contributed by atoms with Gasteiger partial charge in [-0.1, -0.05) is 60.7 Å². The molecule has 0 bridgehead atoms. The van der Waals surface area contributed by atoms with Gasteiger partial charge in [-0.15, -0.1) is 0 Å². The second-order valence-electron chi connectivity index (χ2n) is 13.0. The van der Waals surface area contributed by atoms with Gasteiger partial charge in [0.1, 0.15) is 22.5 Å². The first-order valence-corrected chi connectivity index (χ1v) is 17.0. The Kier molecular flexibility index (Phi) is 9.47. The van der Waals surface area contributed by atoms with Gasteiger partial charge in [-0.3, -0.25) is 9.69 Å². The van der Waals surface area contributed by atoms with Crippen molar-refractivity contribution in [1.29, 1.82) is 0 Å². The number of carbonyl (C=O) groups is 1. The summed E-state index contributed by atoms with van der Waals surface area (Å²) in [6, 6.07) is 26.1. The monoisotopic (exact) mass is 640 g/mol. The van der Waals surface area contributed by atoms with Crippen LogP contribution in [-0.2, 0) is 24.1 Å². The maximum Gasteiger partial charge on any atom is 0.272 e. The number of pyridine rings is 1. The highest BCUT2D eigenvalue weighted by Crippen LogP contribution is 2.44. The Morgan fingerprint density at radius 2 is 1.59 bits per heavy atom. The summed E-state index contributed by atoms with van der Waals surface area (Å²) in [5, 5.41) is 10.1. The molecule has 3 aromatic carbocycles. The summed E-state index contributed by atoms with van der Waals surface area (Å²) >= 11 is 0. The maximum absolute atomic E-state index is 14.1. The van der Waals surface area contributed by atoms with Crippen molar-refractivity contribution in [1.82, 2.24) is 19.1 Å². The number of hydrogen-bond donors (Lipinski definition) is 1. The molecule has 2 atom stereocenters. The fourth-order valence-corrected chi connectivity index (χ4v) is 7.83. The average Bonchev–Trinajstić information content (AvgIpc) is 3.42. The molecule has 1 fully saturated rings. The first-order valence-electron chi connectivity index (χ1n) is 15.9. The topological polar surface area (TPSA) is 77.0 Å². The Balaban J connectivity index is 1.37. The summed E-state index contributed by atoms with van der Waals surface area (Å²) in [6.07, 6.45) is 0.379. The zero-order valence-electron chi connectivity index (χ0n) is 26.7. The second kappa shape index (κ2) is 13.5. The third-order valence-corrected chi connectivity index (χ3v) is 10.6. The van der Waals surface area contributed by atoms with Gasteiger partial charge in [0.05, 0.1) is 16.5 Å². The standard InChI is InChI=1S/C37H41FN4O3S/c1-37(2,3)46(45)42-25-30-23-32(36(44)41-18-16-40(17-19-41)24-26-9-5-4-6-10-26)39-35(34(30)33(42)15-20-43)29-13-7-11-27(21-29)28-12-8-14-31(38)22-28/h4-14,21-23,33,43H,15-20,24-25H2,1-3H3/t33-,46-/m1/s1. The molecule has 3 heterocycles. The lowest BCUT2D eigenvalue weighted by Gasteiger charge is -2.34. The van der Waals surface area contributed by atoms with Crippen molar-refractivity contribution >= 4 is 16.9 Å². The van der Waals surface area contributed by atoms with Gasteiger partial charge in [-0.2, -0.15) is 0 Å². The SMILES string of the molecule is CC(C)(C)[S@@](=O)N1Cc2cc(C(=O)N3CCN(Cc4ccccc4)CC3)nc(-c3cccc(-c4cccc(F)c4)c3)c2[C@H]1CCO. The van der Waals surface area contributed by atoms with E-state index in [2.05, 4.69) is 17.0 Å². The van der Waals surface area contributed by atoms with Crippen LogP contribution in [0.1, 0.15) is 60.4 Å². The van der Waals surface area contributed by atoms with Crippen LogP contribution in [0.4, 0.5) is 4.39 Å². The van der Waals surface area contributed by atoms with E-state index < -0.39 is 15.7 Å². The van der Waals surface area contributed by atoms with Crippen LogP contribution in [0.3, 0.4) is 0 Å². The lowest BCUT2D eigenvalue weighted by atomic mass is 9.94. The van der Waals surface area contributed by atoms with Crippen molar-refractivity contribution in [2.75, 3.05) is 32.8 Å². The molecule has 0 saturated carbocycles. The van der Waals surface area contributed by atoms with Gasteiger partial charge < -0.3 is 10.0 Å². The van der Waals surface area contributed by atoms with Crippen molar-refractivity contribution in [3.8, 4) is 22.4 Å². The molecule has 0 unspecified atom stereocenters. The molecule has 2 aliphatic heterocycles. The van der Waals surface area contributed by atoms with Gasteiger partial charge in [0, 0.05) is 57.0 Å². The van der Waals surface area contributed by atoms with E-state index >= 15 is 0 Å². The number of nitrogens with zero attached hydrogens (tertiary/aromatic N) is 4. The smallest absolute Gasteiger partial charge is 0.272 e. The zero-order valence-corrected chi connectivity index (χ0v) is 27.5. The van der Waals surface area contributed by atoms with E-state index in [-0.39, 0.29) is 24.4 Å². The Bertz CT molecular complexity index is 1730. The summed E-state index contributed by atoms with van der Waals surface area (Å²) in [5.41, 5.74) is 6.36. The first-order chi connectivity index (χ1) is 22.1. The highest BCUT2D eigenvalue weighted by atomic mass is 32.2. The van der Waals surface area contributed by atoms with Gasteiger partial charge >= 0.3 is 0 Å². The zero-order chi connectivity index (χ0) is 32.4. The average molecular weight is 641 g/mol. The third kappa shape index (κ3) is 6.83. The van der Waals surface area contributed by atoms with E-state index in [1.54, 1.807) is 6.07 Å². The predicted octanol–water partition coefficient (Wildman–Crippen LogP) is 6.21. The number of aromatic nitrogens is 1. The number of fused-ring (bicyclic) bond motifs is 1. The number of rotatable bonds is 8. The molecule has 1 aromatic heterocycles. The summed E-state index contributed by atoms with van der Waals surface area (Å²) in [5.74, 6) is -0.444. The first kappa shape index (κ1) is 32.2. The van der Waals surface area contributed by atoms with E-state index in [1.807, 2.05) is 84.6 Å². The summed E-state index contributed by atoms with van der Waals surface area (Å²) in [7, 11) is -1.36. The fourth-order valence-electron chi connectivity index (χ4n) is 6.43. The number of amides is 1. The van der Waals surface area contributed by atoms with Crippen LogP contribution >= 0.6 is 0 Å². The summed E-state index contributed by atoms with van der Waals surface area (Å²) < 4.78 is 29.3. The number of aliphatic hydroxyl groups excluding tert-OH is 1. The van der Waals surface area contributed by atoms with E-state index in [0.717, 1.165) is 47.5 Å². The molecule has 240 valence electrons. The molecule has 2 aliphatic rings. The molecular formula is C37H41FN4O3S. The molecule has 0 radical (unpaired) electrons. The van der Waals surface area contributed by atoms with Crippen LogP contribution in [0.2, 0.25) is 0 Å². The highest BCUT2D eigenvalue weighted by molar-refractivity contribution is 7.84. The Morgan fingerprint density at radius 3 is 2.26 bits per heavy atom. The quantitative estimate of drug-likeness (QED) is 0.248. The summed E-state index contributed by atoms with van der Waals surface area (Å²) in [6.45, 7) is 9.70. The van der Waals surface area contributed by atoms with Crippen molar-refractivity contribution < 1.29 is 18.5 Å². The van der Waals surface area contributed by atoms with Crippen LogP contribution in [0.5, 0.6) is 0 Å². The van der Waals surface area contributed by atoms with Crippen LogP contribution in [-0.4, -0.2) is 71.8 Å². The molecule has 1 amide bonds. The number of hydrogen-bond acceptors (Lipinski definition) is 5. The van der Waals surface area contributed by atoms with Crippen LogP contribution in [0, 0.1) is 5.82 Å². The molecule has 1 saturated heterocycles. The van der Waals surface area contributed by atoms with Crippen molar-refractivity contribution in [3.63, 3.8) is 0 Å². The van der Waals surface area contributed by atoms with Gasteiger partial charge in [-0.25, -0.2) is 17.9 Å². The number of halogens is 1. The van der Waals surface area contributed by atoms with Crippen LogP contribution in [0.15, 0.2) is 84.9 Å². The number of carbonyl (C=O) groups excluding carboxylic acids is 1. The fraction of sp³-hybridized carbons (Fsp3) is 0.351. The van der Waals surface area contributed by atoms with E-state index in [4.69, 9.17) is 4.98 Å². The molecule has 0 aliphatic carbocycles. The van der Waals surface area contributed by atoms with E-state index in [0.29, 0.717) is 37.4 Å². The number of benzene rings is 3. The van der Waals surface area contributed by atoms with Gasteiger partial charge in [0.15, 0.2) is 0 Å². The van der Waals surface area contributed by atoms with Crippen molar-refractivity contribution in [3.05, 3.63) is 113 Å². The normalized spacial score (nSPS) is 18.0. The lowest BCUT2D eigenvalue weighted by molar-refractivity contribution is 0.0622. The molecule has 9 heteroatoms. The maximum atomic E-state index is 14.1. The Hall–Kier alpha value is -3.76. The molecule has 6 rings (SSSR count). The van der Waals surface area contributed by atoms with Crippen LogP contribution in [0.25, 0.3) is 22.4 Å². The molecule has 46 heavy (non-hydrogen) atoms. The molecule has 7 nitrogen and oxygen atoms in total. The minimum atomic E-state index is -1.36. The number of aliphatic hydroxyl groups is 1. The Labute approximate surface area is 273 Å². The van der Waals surface area contributed by atoms with Crippen LogP contribution < -0.4 is 0 Å². The van der Waals surface area contributed by atoms with Gasteiger partial charge in [-0.05, 0) is 73.7 Å².